The van der Waals surface area contributed by atoms with Gasteiger partial charge in [0.15, 0.2) is 0 Å². The van der Waals surface area contributed by atoms with Gasteiger partial charge in [0, 0.05) is 16.1 Å². The van der Waals surface area contributed by atoms with Gasteiger partial charge in [0.05, 0.1) is 0 Å². The Morgan fingerprint density at radius 2 is 2.11 bits per heavy atom. The standard InChI is InChI=1S/C14H20BrNO3/c1-3-5-12(14(18)19)16-11(4-2)10-8-9(15)6-7-13(10)17/h6-8,11-12,16-17H,3-5H2,1-2H3,(H,18,19). The van der Waals surface area contributed by atoms with Gasteiger partial charge in [-0.3, -0.25) is 10.1 Å². The van der Waals surface area contributed by atoms with Crippen molar-refractivity contribution in [3.05, 3.63) is 28.2 Å². The molecule has 106 valence electrons. The van der Waals surface area contributed by atoms with Crippen molar-refractivity contribution in [1.82, 2.24) is 5.32 Å². The largest absolute Gasteiger partial charge is 0.508 e. The molecule has 4 nitrogen and oxygen atoms in total. The molecular formula is C14H20BrNO3. The van der Waals surface area contributed by atoms with Crippen molar-refractivity contribution < 1.29 is 15.0 Å². The van der Waals surface area contributed by atoms with E-state index in [0.29, 0.717) is 12.8 Å². The third-order valence-corrected chi connectivity index (χ3v) is 3.54. The van der Waals surface area contributed by atoms with Gasteiger partial charge in [-0.1, -0.05) is 36.2 Å². The third-order valence-electron chi connectivity index (χ3n) is 3.05. The number of nitrogens with one attached hydrogen (secondary N) is 1. The number of rotatable bonds is 7. The summed E-state index contributed by atoms with van der Waals surface area (Å²) in [7, 11) is 0. The fourth-order valence-corrected chi connectivity index (χ4v) is 2.42. The number of hydrogen-bond acceptors (Lipinski definition) is 3. The maximum Gasteiger partial charge on any atom is 0.320 e. The smallest absolute Gasteiger partial charge is 0.320 e. The number of hydrogen-bond donors (Lipinski definition) is 3. The molecule has 0 saturated heterocycles. The van der Waals surface area contributed by atoms with E-state index in [0.717, 1.165) is 16.5 Å². The first-order chi connectivity index (χ1) is 8.99. The van der Waals surface area contributed by atoms with E-state index in [4.69, 9.17) is 0 Å². The van der Waals surface area contributed by atoms with E-state index in [1.807, 2.05) is 19.9 Å². The van der Waals surface area contributed by atoms with Gasteiger partial charge in [0.2, 0.25) is 0 Å². The predicted molar refractivity (Wildman–Crippen MR) is 78.3 cm³/mol. The molecule has 3 N–H and O–H groups in total. The maximum absolute atomic E-state index is 11.2. The molecule has 0 saturated carbocycles. The molecule has 1 aromatic rings. The molecule has 1 rings (SSSR count). The Labute approximate surface area is 122 Å². The Morgan fingerprint density at radius 3 is 2.63 bits per heavy atom. The maximum atomic E-state index is 11.2. The fraction of sp³-hybridized carbons (Fsp3) is 0.500. The highest BCUT2D eigenvalue weighted by Gasteiger charge is 2.22. The SMILES string of the molecule is CCCC(NC(CC)c1cc(Br)ccc1O)C(=O)O. The van der Waals surface area contributed by atoms with Crippen LogP contribution in [0.5, 0.6) is 5.75 Å². The lowest BCUT2D eigenvalue weighted by Gasteiger charge is -2.23. The van der Waals surface area contributed by atoms with Crippen LogP contribution in [-0.2, 0) is 4.79 Å². The number of phenols is 1. The summed E-state index contributed by atoms with van der Waals surface area (Å²) in [5, 5.41) is 22.2. The summed E-state index contributed by atoms with van der Waals surface area (Å²) >= 11 is 3.36. The van der Waals surface area contributed by atoms with Crippen molar-refractivity contribution in [2.75, 3.05) is 0 Å². The molecule has 0 aliphatic carbocycles. The highest BCUT2D eigenvalue weighted by molar-refractivity contribution is 9.10. The summed E-state index contributed by atoms with van der Waals surface area (Å²) in [6.45, 7) is 3.91. The van der Waals surface area contributed by atoms with Gasteiger partial charge in [0.1, 0.15) is 11.8 Å². The van der Waals surface area contributed by atoms with Crippen LogP contribution in [0.4, 0.5) is 0 Å². The van der Waals surface area contributed by atoms with Gasteiger partial charge in [-0.25, -0.2) is 0 Å². The molecular weight excluding hydrogens is 310 g/mol. The van der Waals surface area contributed by atoms with Crippen LogP contribution in [0.3, 0.4) is 0 Å². The first-order valence-electron chi connectivity index (χ1n) is 6.46. The lowest BCUT2D eigenvalue weighted by atomic mass is 10.0. The van der Waals surface area contributed by atoms with Crippen molar-refractivity contribution >= 4 is 21.9 Å². The first-order valence-corrected chi connectivity index (χ1v) is 7.26. The van der Waals surface area contributed by atoms with E-state index >= 15 is 0 Å². The lowest BCUT2D eigenvalue weighted by Crippen LogP contribution is -2.39. The Bertz CT molecular complexity index is 437. The van der Waals surface area contributed by atoms with Crippen LogP contribution in [0.25, 0.3) is 0 Å². The zero-order valence-corrected chi connectivity index (χ0v) is 12.8. The van der Waals surface area contributed by atoms with Gasteiger partial charge in [-0.15, -0.1) is 0 Å². The molecule has 0 heterocycles. The molecule has 0 bridgehead atoms. The van der Waals surface area contributed by atoms with Crippen LogP contribution < -0.4 is 5.32 Å². The second-order valence-electron chi connectivity index (χ2n) is 4.51. The van der Waals surface area contributed by atoms with Crippen molar-refractivity contribution in [3.8, 4) is 5.75 Å². The summed E-state index contributed by atoms with van der Waals surface area (Å²) in [6, 6.07) is 4.42. The molecule has 0 amide bonds. The number of carbonyl (C=O) groups is 1. The van der Waals surface area contributed by atoms with E-state index in [2.05, 4.69) is 21.2 Å². The quantitative estimate of drug-likeness (QED) is 0.716. The van der Waals surface area contributed by atoms with E-state index in [9.17, 15) is 15.0 Å². The molecule has 1 aromatic carbocycles. The van der Waals surface area contributed by atoms with Crippen LogP contribution in [0.15, 0.2) is 22.7 Å². The summed E-state index contributed by atoms with van der Waals surface area (Å²) in [5.74, 6) is -0.669. The Hall–Kier alpha value is -1.07. The summed E-state index contributed by atoms with van der Waals surface area (Å²) in [6.07, 6.45) is 2.07. The summed E-state index contributed by atoms with van der Waals surface area (Å²) < 4.78 is 0.864. The van der Waals surface area contributed by atoms with Crippen LogP contribution >= 0.6 is 15.9 Å². The molecule has 19 heavy (non-hydrogen) atoms. The predicted octanol–water partition coefficient (Wildman–Crippen LogP) is 3.45. The van der Waals surface area contributed by atoms with Crippen LogP contribution in [0.2, 0.25) is 0 Å². The molecule has 0 aliphatic heterocycles. The zero-order chi connectivity index (χ0) is 14.4. The average molecular weight is 330 g/mol. The Morgan fingerprint density at radius 1 is 1.42 bits per heavy atom. The van der Waals surface area contributed by atoms with Crippen molar-refractivity contribution in [2.24, 2.45) is 0 Å². The second kappa shape index (κ2) is 7.50. The normalized spacial score (nSPS) is 14.1. The number of benzene rings is 1. The fourth-order valence-electron chi connectivity index (χ4n) is 2.04. The van der Waals surface area contributed by atoms with E-state index < -0.39 is 12.0 Å². The molecule has 0 spiro atoms. The van der Waals surface area contributed by atoms with Crippen LogP contribution in [-0.4, -0.2) is 22.2 Å². The molecule has 2 unspecified atom stereocenters. The Kier molecular flexibility index (Phi) is 6.31. The van der Waals surface area contributed by atoms with Crippen molar-refractivity contribution in [3.63, 3.8) is 0 Å². The molecule has 0 aromatic heterocycles. The van der Waals surface area contributed by atoms with Crippen LogP contribution in [0, 0.1) is 0 Å². The number of phenolic OH excluding ortho intramolecular Hbond substituents is 1. The number of carboxylic acid groups (broad SMARTS) is 1. The average Bonchev–Trinajstić information content (AvgIpc) is 2.37. The molecule has 2 atom stereocenters. The van der Waals surface area contributed by atoms with E-state index in [-0.39, 0.29) is 11.8 Å². The third kappa shape index (κ3) is 4.51. The minimum atomic E-state index is -0.852. The minimum absolute atomic E-state index is 0.176. The number of halogens is 1. The van der Waals surface area contributed by atoms with Crippen molar-refractivity contribution in [1.29, 1.82) is 0 Å². The zero-order valence-electron chi connectivity index (χ0n) is 11.2. The topological polar surface area (TPSA) is 69.6 Å². The summed E-state index contributed by atoms with van der Waals surface area (Å²) in [5.41, 5.74) is 0.722. The van der Waals surface area contributed by atoms with Gasteiger partial charge < -0.3 is 10.2 Å². The number of aliphatic carboxylic acids is 1. The molecule has 0 fully saturated rings. The van der Waals surface area contributed by atoms with E-state index in [1.165, 1.54) is 0 Å². The van der Waals surface area contributed by atoms with Gasteiger partial charge in [0.25, 0.3) is 0 Å². The van der Waals surface area contributed by atoms with Crippen LogP contribution in [0.1, 0.15) is 44.7 Å². The minimum Gasteiger partial charge on any atom is -0.508 e. The lowest BCUT2D eigenvalue weighted by molar-refractivity contribution is -0.139. The highest BCUT2D eigenvalue weighted by Crippen LogP contribution is 2.29. The van der Waals surface area contributed by atoms with Crippen molar-refractivity contribution in [2.45, 2.75) is 45.2 Å². The summed E-state index contributed by atoms with van der Waals surface area (Å²) in [4.78, 5) is 11.2. The Balaban J connectivity index is 2.93. The van der Waals surface area contributed by atoms with Gasteiger partial charge in [-0.05, 0) is 31.0 Å². The monoisotopic (exact) mass is 329 g/mol. The first kappa shape index (κ1) is 16.0. The van der Waals surface area contributed by atoms with Gasteiger partial charge in [-0.2, -0.15) is 0 Å². The van der Waals surface area contributed by atoms with Gasteiger partial charge >= 0.3 is 5.97 Å². The number of carboxylic acids is 1. The molecule has 0 radical (unpaired) electrons. The highest BCUT2D eigenvalue weighted by atomic mass is 79.9. The second-order valence-corrected chi connectivity index (χ2v) is 5.43. The van der Waals surface area contributed by atoms with E-state index in [1.54, 1.807) is 12.1 Å². The molecule has 0 aliphatic rings. The molecule has 5 heteroatoms. The number of aromatic hydroxyl groups is 1.